The van der Waals surface area contributed by atoms with Gasteiger partial charge in [0.05, 0.1) is 17.9 Å². The number of piperidine rings is 1. The molecule has 0 radical (unpaired) electrons. The maximum atomic E-state index is 12.9. The summed E-state index contributed by atoms with van der Waals surface area (Å²) in [4.78, 5) is 41.1. The number of fused-ring (bicyclic) bond motifs is 2. The van der Waals surface area contributed by atoms with E-state index in [4.69, 9.17) is 16.6 Å². The zero-order valence-corrected chi connectivity index (χ0v) is 22.5. The Hall–Kier alpha value is -3.98. The molecule has 40 heavy (non-hydrogen) atoms. The van der Waals surface area contributed by atoms with E-state index in [0.29, 0.717) is 35.0 Å². The van der Waals surface area contributed by atoms with Gasteiger partial charge in [0.1, 0.15) is 18.0 Å². The minimum absolute atomic E-state index is 0.0527. The van der Waals surface area contributed by atoms with Crippen molar-refractivity contribution in [3.8, 4) is 0 Å². The van der Waals surface area contributed by atoms with E-state index in [1.807, 2.05) is 35.4 Å². The first-order valence-electron chi connectivity index (χ1n) is 14.0. The lowest BCUT2D eigenvalue weighted by molar-refractivity contribution is -0.119. The molecule has 4 aromatic rings. The van der Waals surface area contributed by atoms with Gasteiger partial charge >= 0.3 is 0 Å². The number of carbonyl (C=O) groups excluding carboxylic acids is 2. The Morgan fingerprint density at radius 2 is 1.90 bits per heavy atom. The molecule has 2 amide bonds. The van der Waals surface area contributed by atoms with Crippen LogP contribution in [0.2, 0.25) is 5.02 Å². The van der Waals surface area contributed by atoms with Crippen molar-refractivity contribution in [3.05, 3.63) is 77.0 Å². The zero-order valence-electron chi connectivity index (χ0n) is 21.8. The van der Waals surface area contributed by atoms with E-state index in [2.05, 4.69) is 37.3 Å². The third-order valence-corrected chi connectivity index (χ3v) is 8.87. The molecule has 1 aliphatic heterocycles. The topological polar surface area (TPSA) is 105 Å². The lowest BCUT2D eigenvalue weighted by atomic mass is 10.1. The molecular formula is C30H28ClN7O2. The highest BCUT2D eigenvalue weighted by Gasteiger charge is 2.53. The van der Waals surface area contributed by atoms with Crippen LogP contribution in [0, 0.1) is 17.8 Å². The predicted molar refractivity (Wildman–Crippen MR) is 151 cm³/mol. The van der Waals surface area contributed by atoms with Crippen molar-refractivity contribution < 1.29 is 9.59 Å². The van der Waals surface area contributed by atoms with E-state index in [9.17, 15) is 9.59 Å². The summed E-state index contributed by atoms with van der Waals surface area (Å²) in [5, 5.41) is 6.92. The van der Waals surface area contributed by atoms with Gasteiger partial charge in [0.25, 0.3) is 0 Å². The van der Waals surface area contributed by atoms with Crippen molar-refractivity contribution in [2.75, 3.05) is 22.1 Å². The van der Waals surface area contributed by atoms with Gasteiger partial charge in [0.15, 0.2) is 5.65 Å². The molecule has 2 N–H and O–H groups in total. The van der Waals surface area contributed by atoms with Crippen LogP contribution in [0.3, 0.4) is 0 Å². The number of nitrogens with one attached hydrogen (secondary N) is 2. The van der Waals surface area contributed by atoms with E-state index in [1.165, 1.54) is 24.7 Å². The Morgan fingerprint density at radius 3 is 2.70 bits per heavy atom. The van der Waals surface area contributed by atoms with Crippen LogP contribution < -0.4 is 15.5 Å². The average Bonchev–Trinajstić information content (AvgIpc) is 3.85. The highest BCUT2D eigenvalue weighted by Crippen LogP contribution is 2.50. The van der Waals surface area contributed by atoms with Crippen LogP contribution in [0.15, 0.2) is 55.1 Å². The van der Waals surface area contributed by atoms with Crippen molar-refractivity contribution in [2.24, 2.45) is 17.8 Å². The Bertz CT molecular complexity index is 1680. The van der Waals surface area contributed by atoms with E-state index in [-0.39, 0.29) is 29.6 Å². The van der Waals surface area contributed by atoms with Crippen molar-refractivity contribution >= 4 is 46.4 Å². The second-order valence-electron chi connectivity index (χ2n) is 11.6. The number of amides is 2. The smallest absolute Gasteiger partial charge is 0.230 e. The number of hydrogen-bond donors (Lipinski definition) is 2. The number of halogens is 1. The van der Waals surface area contributed by atoms with Crippen molar-refractivity contribution in [3.63, 3.8) is 0 Å². The molecule has 8 rings (SSSR count). The fourth-order valence-electron chi connectivity index (χ4n) is 6.08. The van der Waals surface area contributed by atoms with Crippen LogP contribution in [0.4, 0.5) is 17.3 Å². The fraction of sp³-hybridized carbons (Fsp3) is 0.367. The summed E-state index contributed by atoms with van der Waals surface area (Å²) in [5.74, 6) is 2.61. The number of benzene rings is 1. The highest BCUT2D eigenvalue weighted by atomic mass is 35.5. The van der Waals surface area contributed by atoms with E-state index >= 15 is 0 Å². The minimum atomic E-state index is -0.0917. The van der Waals surface area contributed by atoms with E-state index < -0.39 is 0 Å². The van der Waals surface area contributed by atoms with Crippen molar-refractivity contribution in [1.29, 1.82) is 0 Å². The Balaban J connectivity index is 0.962. The summed E-state index contributed by atoms with van der Waals surface area (Å²) < 4.78 is 2.06. The fourth-order valence-corrected chi connectivity index (χ4v) is 6.28. The number of hydrogen-bond acceptors (Lipinski definition) is 6. The molecule has 9 nitrogen and oxygen atoms in total. The molecule has 4 heterocycles. The quantitative estimate of drug-likeness (QED) is 0.318. The summed E-state index contributed by atoms with van der Waals surface area (Å²) in [5.41, 5.74) is 4.94. The van der Waals surface area contributed by atoms with Gasteiger partial charge in [0, 0.05) is 41.9 Å². The summed E-state index contributed by atoms with van der Waals surface area (Å²) >= 11 is 6.11. The van der Waals surface area contributed by atoms with Gasteiger partial charge in [0.2, 0.25) is 11.8 Å². The summed E-state index contributed by atoms with van der Waals surface area (Å²) in [7, 11) is 0. The largest absolute Gasteiger partial charge is 0.364 e. The Labute approximate surface area is 236 Å². The molecule has 4 aliphatic rings. The predicted octanol–water partition coefficient (Wildman–Crippen LogP) is 4.99. The average molecular weight is 554 g/mol. The molecule has 3 aliphatic carbocycles. The Kier molecular flexibility index (Phi) is 5.38. The minimum Gasteiger partial charge on any atom is -0.364 e. The number of carbonyl (C=O) groups is 2. The molecule has 4 fully saturated rings. The molecular weight excluding hydrogens is 526 g/mol. The van der Waals surface area contributed by atoms with Gasteiger partial charge in [-0.2, -0.15) is 0 Å². The molecule has 4 atom stereocenters. The number of aromatic nitrogens is 4. The normalized spacial score (nSPS) is 24.7. The summed E-state index contributed by atoms with van der Waals surface area (Å²) in [6, 6.07) is 11.6. The van der Waals surface area contributed by atoms with Gasteiger partial charge in [-0.25, -0.2) is 15.0 Å². The van der Waals surface area contributed by atoms with Crippen molar-refractivity contribution in [1.82, 2.24) is 19.4 Å². The third kappa shape index (κ3) is 4.38. The molecule has 0 bridgehead atoms. The number of nitrogens with zero attached hydrogens (tertiary/aromatic N) is 5. The lowest BCUT2D eigenvalue weighted by Crippen LogP contribution is -2.28. The van der Waals surface area contributed by atoms with Crippen LogP contribution in [0.5, 0.6) is 0 Å². The molecule has 3 saturated carbocycles. The third-order valence-electron chi connectivity index (χ3n) is 8.64. The molecule has 202 valence electrons. The van der Waals surface area contributed by atoms with Gasteiger partial charge < -0.3 is 19.9 Å². The highest BCUT2D eigenvalue weighted by molar-refractivity contribution is 6.30. The van der Waals surface area contributed by atoms with Crippen LogP contribution >= 0.6 is 11.6 Å². The first-order valence-corrected chi connectivity index (χ1v) is 14.3. The van der Waals surface area contributed by atoms with Crippen LogP contribution in [-0.4, -0.2) is 37.7 Å². The molecule has 3 aromatic heterocycles. The molecule has 1 saturated heterocycles. The van der Waals surface area contributed by atoms with Crippen LogP contribution in [0.25, 0.3) is 5.65 Å². The summed E-state index contributed by atoms with van der Waals surface area (Å²) in [6.07, 6.45) is 9.83. The van der Waals surface area contributed by atoms with Gasteiger partial charge in [-0.1, -0.05) is 23.7 Å². The van der Waals surface area contributed by atoms with E-state index in [0.717, 1.165) is 42.0 Å². The maximum Gasteiger partial charge on any atom is 0.230 e. The number of rotatable bonds is 8. The number of anilines is 3. The van der Waals surface area contributed by atoms with Crippen LogP contribution in [-0.2, 0) is 16.1 Å². The first kappa shape index (κ1) is 23.9. The Morgan fingerprint density at radius 1 is 1.02 bits per heavy atom. The second-order valence-corrected chi connectivity index (χ2v) is 12.0. The second kappa shape index (κ2) is 9.02. The molecule has 0 spiro atoms. The molecule has 10 heteroatoms. The standard InChI is InChI=1S/C30H28ClN7O2/c31-20-3-1-2-17(6-20)22-9-24(22)29(39)36-27-10-26(33-15-34-27)32-11-21-14-37-12-18(16-4-5-16)8-25(28(37)35-21)38-13-19-7-23(19)30(38)40/h1-3,6,8,10,12,14-16,19,22-24H,4-5,7,9,11,13H2,(H2,32,33,34,36,39). The first-order chi connectivity index (χ1) is 19.5. The zero-order chi connectivity index (χ0) is 27.0. The summed E-state index contributed by atoms with van der Waals surface area (Å²) in [6.45, 7) is 1.24. The van der Waals surface area contributed by atoms with Gasteiger partial charge in [-0.3, -0.25) is 9.59 Å². The SMILES string of the molecule is O=C(Nc1cc(NCc2cn3cc(C4CC4)cc(N4CC5CC5C4=O)c3n2)ncn1)C1CC1c1cccc(Cl)c1. The van der Waals surface area contributed by atoms with Crippen molar-refractivity contribution in [2.45, 2.75) is 44.1 Å². The van der Waals surface area contributed by atoms with Gasteiger partial charge in [-0.15, -0.1) is 0 Å². The molecule has 4 unspecified atom stereocenters. The van der Waals surface area contributed by atoms with Crippen LogP contribution in [0.1, 0.15) is 54.3 Å². The van der Waals surface area contributed by atoms with E-state index in [1.54, 1.807) is 6.07 Å². The number of imidazole rings is 1. The monoisotopic (exact) mass is 553 g/mol. The molecule has 1 aromatic carbocycles. The lowest BCUT2D eigenvalue weighted by Gasteiger charge is -2.20. The maximum absolute atomic E-state index is 12.9. The number of pyridine rings is 1. The van der Waals surface area contributed by atoms with Gasteiger partial charge in [-0.05, 0) is 72.8 Å².